The number of hydrogen-bond donors (Lipinski definition) is 1. The summed E-state index contributed by atoms with van der Waals surface area (Å²) >= 11 is 0. The molecule has 2 fully saturated rings. The number of guanidine groups is 1. The van der Waals surface area contributed by atoms with Crippen LogP contribution in [0.4, 0.5) is 4.39 Å². The number of hydrogen-bond acceptors (Lipinski definition) is 3. The summed E-state index contributed by atoms with van der Waals surface area (Å²) in [5, 5.41) is 8.04. The molecule has 0 atom stereocenters. The van der Waals surface area contributed by atoms with Gasteiger partial charge in [0, 0.05) is 45.4 Å². The summed E-state index contributed by atoms with van der Waals surface area (Å²) in [6.07, 6.45) is 10.7. The van der Waals surface area contributed by atoms with Crippen molar-refractivity contribution in [3.05, 3.63) is 48.0 Å². The minimum Gasteiger partial charge on any atom is -0.378 e. The molecule has 2 heterocycles. The van der Waals surface area contributed by atoms with E-state index < -0.39 is 0 Å². The van der Waals surface area contributed by atoms with Gasteiger partial charge in [-0.3, -0.25) is 4.99 Å². The van der Waals surface area contributed by atoms with Crippen molar-refractivity contribution in [3.8, 4) is 5.69 Å². The lowest BCUT2D eigenvalue weighted by molar-refractivity contribution is 0.00102. The van der Waals surface area contributed by atoms with Crippen LogP contribution in [0.2, 0.25) is 0 Å². The van der Waals surface area contributed by atoms with Crippen molar-refractivity contribution in [3.63, 3.8) is 0 Å². The molecule has 174 valence electrons. The van der Waals surface area contributed by atoms with Crippen molar-refractivity contribution >= 4 is 5.96 Å². The first-order valence-electron chi connectivity index (χ1n) is 12.2. The Bertz CT molecular complexity index is 851. The topological polar surface area (TPSA) is 54.7 Å². The minimum absolute atomic E-state index is 0.240. The molecule has 2 aliphatic rings. The molecule has 0 spiro atoms. The number of halogens is 1. The summed E-state index contributed by atoms with van der Waals surface area (Å²) < 4.78 is 21.1. The number of rotatable bonds is 8. The van der Waals surface area contributed by atoms with Gasteiger partial charge in [-0.05, 0) is 68.9 Å². The fourth-order valence-electron chi connectivity index (χ4n) is 4.62. The Kier molecular flexibility index (Phi) is 8.15. The lowest BCUT2D eigenvalue weighted by Crippen LogP contribution is -2.47. The molecular weight excluding hydrogens is 405 g/mol. The van der Waals surface area contributed by atoms with E-state index in [1.54, 1.807) is 16.8 Å². The molecule has 1 saturated carbocycles. The Morgan fingerprint density at radius 2 is 1.88 bits per heavy atom. The standard InChI is InChI=1S/C25H36FN5O/c1-2-27-25(30-16-13-24(14-17-30)32-19-20-5-3-4-6-20)28-15-11-22-12-18-31(29-22)23-9-7-21(26)8-10-23/h7-10,12,18,20,24H,2-6,11,13-17,19H2,1H3,(H,27,28). The molecule has 1 N–H and O–H groups in total. The maximum absolute atomic E-state index is 13.1. The highest BCUT2D eigenvalue weighted by atomic mass is 19.1. The molecule has 4 rings (SSSR count). The molecule has 7 heteroatoms. The summed E-state index contributed by atoms with van der Waals surface area (Å²) in [5.74, 6) is 1.54. The number of piperidine rings is 1. The minimum atomic E-state index is -0.240. The number of nitrogens with zero attached hydrogens (tertiary/aromatic N) is 4. The number of aliphatic imine (C=N–C) groups is 1. The van der Waals surface area contributed by atoms with Crippen LogP contribution in [-0.4, -0.2) is 59.5 Å². The quantitative estimate of drug-likeness (QED) is 0.493. The van der Waals surface area contributed by atoms with Gasteiger partial charge >= 0.3 is 0 Å². The predicted octanol–water partition coefficient (Wildman–Crippen LogP) is 4.19. The van der Waals surface area contributed by atoms with Gasteiger partial charge in [0.1, 0.15) is 5.82 Å². The summed E-state index contributed by atoms with van der Waals surface area (Å²) in [4.78, 5) is 7.21. The average Bonchev–Trinajstić information content (AvgIpc) is 3.50. The van der Waals surface area contributed by atoms with E-state index in [2.05, 4.69) is 22.2 Å². The molecule has 1 aromatic carbocycles. The molecular formula is C25H36FN5O. The molecule has 0 bridgehead atoms. The van der Waals surface area contributed by atoms with Crippen molar-refractivity contribution in [2.24, 2.45) is 10.9 Å². The largest absolute Gasteiger partial charge is 0.378 e. The van der Waals surface area contributed by atoms with E-state index in [1.165, 1.54) is 37.8 Å². The average molecular weight is 442 g/mol. The van der Waals surface area contributed by atoms with E-state index in [-0.39, 0.29) is 5.82 Å². The van der Waals surface area contributed by atoms with Crippen LogP contribution < -0.4 is 5.32 Å². The van der Waals surface area contributed by atoms with Crippen LogP contribution in [-0.2, 0) is 11.2 Å². The Balaban J connectivity index is 1.25. The zero-order chi connectivity index (χ0) is 22.2. The predicted molar refractivity (Wildman–Crippen MR) is 126 cm³/mol. The first kappa shape index (κ1) is 22.8. The number of aromatic nitrogens is 2. The summed E-state index contributed by atoms with van der Waals surface area (Å²) in [6, 6.07) is 8.36. The summed E-state index contributed by atoms with van der Waals surface area (Å²) in [5.41, 5.74) is 1.83. The fourth-order valence-corrected chi connectivity index (χ4v) is 4.62. The van der Waals surface area contributed by atoms with Gasteiger partial charge in [0.25, 0.3) is 0 Å². The molecule has 1 saturated heterocycles. The SMILES string of the molecule is CCNC(=NCCc1ccn(-c2ccc(F)cc2)n1)N1CCC(OCC2CCCC2)CC1. The molecule has 6 nitrogen and oxygen atoms in total. The molecule has 0 amide bonds. The zero-order valence-corrected chi connectivity index (χ0v) is 19.2. The van der Waals surface area contributed by atoms with Crippen LogP contribution in [0.25, 0.3) is 5.69 Å². The monoisotopic (exact) mass is 441 g/mol. The van der Waals surface area contributed by atoms with Gasteiger partial charge < -0.3 is 15.0 Å². The molecule has 0 unspecified atom stereocenters. The van der Waals surface area contributed by atoms with Crippen molar-refractivity contribution in [1.82, 2.24) is 20.0 Å². The lowest BCUT2D eigenvalue weighted by Gasteiger charge is -2.34. The van der Waals surface area contributed by atoms with Crippen LogP contribution in [0.15, 0.2) is 41.5 Å². The maximum atomic E-state index is 13.1. The highest BCUT2D eigenvalue weighted by molar-refractivity contribution is 5.80. The first-order valence-corrected chi connectivity index (χ1v) is 12.2. The normalized spacial score (nSPS) is 18.4. The Labute approximate surface area is 190 Å². The third kappa shape index (κ3) is 6.31. The molecule has 1 aliphatic heterocycles. The highest BCUT2D eigenvalue weighted by Crippen LogP contribution is 2.26. The van der Waals surface area contributed by atoms with E-state index in [0.29, 0.717) is 12.6 Å². The van der Waals surface area contributed by atoms with Gasteiger partial charge in [-0.2, -0.15) is 5.10 Å². The third-order valence-corrected chi connectivity index (χ3v) is 6.48. The van der Waals surface area contributed by atoms with Gasteiger partial charge in [0.05, 0.1) is 17.5 Å². The number of likely N-dealkylation sites (tertiary alicyclic amines) is 1. The van der Waals surface area contributed by atoms with Crippen LogP contribution in [0.5, 0.6) is 0 Å². The second-order valence-electron chi connectivity index (χ2n) is 8.88. The van der Waals surface area contributed by atoms with Crippen LogP contribution in [0, 0.1) is 11.7 Å². The van der Waals surface area contributed by atoms with Crippen LogP contribution >= 0.6 is 0 Å². The van der Waals surface area contributed by atoms with Crippen molar-refractivity contribution in [1.29, 1.82) is 0 Å². The zero-order valence-electron chi connectivity index (χ0n) is 19.2. The van der Waals surface area contributed by atoms with Gasteiger partial charge in [-0.1, -0.05) is 12.8 Å². The second kappa shape index (κ2) is 11.5. The van der Waals surface area contributed by atoms with E-state index in [4.69, 9.17) is 9.73 Å². The molecule has 32 heavy (non-hydrogen) atoms. The van der Waals surface area contributed by atoms with E-state index >= 15 is 0 Å². The Morgan fingerprint density at radius 1 is 1.12 bits per heavy atom. The smallest absolute Gasteiger partial charge is 0.193 e. The number of nitrogens with one attached hydrogen (secondary N) is 1. The maximum Gasteiger partial charge on any atom is 0.193 e. The Morgan fingerprint density at radius 3 is 2.59 bits per heavy atom. The fraction of sp³-hybridized carbons (Fsp3) is 0.600. The van der Waals surface area contributed by atoms with Gasteiger partial charge in [0.2, 0.25) is 0 Å². The van der Waals surface area contributed by atoms with Gasteiger partial charge in [0.15, 0.2) is 5.96 Å². The van der Waals surface area contributed by atoms with Gasteiger partial charge in [-0.15, -0.1) is 0 Å². The Hall–Kier alpha value is -2.41. The number of ether oxygens (including phenoxy) is 1. The molecule has 2 aromatic rings. The lowest BCUT2D eigenvalue weighted by atomic mass is 10.1. The van der Waals surface area contributed by atoms with E-state index in [0.717, 1.165) is 68.8 Å². The van der Waals surface area contributed by atoms with Gasteiger partial charge in [-0.25, -0.2) is 9.07 Å². The molecule has 1 aromatic heterocycles. The molecule has 1 aliphatic carbocycles. The van der Waals surface area contributed by atoms with E-state index in [9.17, 15) is 4.39 Å². The second-order valence-corrected chi connectivity index (χ2v) is 8.88. The highest BCUT2D eigenvalue weighted by Gasteiger charge is 2.23. The number of benzene rings is 1. The van der Waals surface area contributed by atoms with Crippen LogP contribution in [0.3, 0.4) is 0 Å². The van der Waals surface area contributed by atoms with E-state index in [1.807, 2.05) is 12.3 Å². The van der Waals surface area contributed by atoms with Crippen molar-refractivity contribution < 1.29 is 9.13 Å². The van der Waals surface area contributed by atoms with Crippen molar-refractivity contribution in [2.45, 2.75) is 58.0 Å². The third-order valence-electron chi connectivity index (χ3n) is 6.48. The summed E-state index contributed by atoms with van der Waals surface area (Å²) in [6.45, 7) is 6.57. The van der Waals surface area contributed by atoms with Crippen LogP contribution in [0.1, 0.15) is 51.1 Å². The van der Waals surface area contributed by atoms with Crippen molar-refractivity contribution in [2.75, 3.05) is 32.8 Å². The summed E-state index contributed by atoms with van der Waals surface area (Å²) in [7, 11) is 0. The first-order chi connectivity index (χ1) is 15.7. The molecule has 0 radical (unpaired) electrons.